The molecule has 2 atom stereocenters. The van der Waals surface area contributed by atoms with Crippen molar-refractivity contribution in [1.29, 1.82) is 0 Å². The van der Waals surface area contributed by atoms with Crippen LogP contribution in [0.15, 0.2) is 0 Å². The Morgan fingerprint density at radius 3 is 1.31 bits per heavy atom. The fourth-order valence-electron chi connectivity index (χ4n) is 1.23. The molecule has 0 aliphatic rings. The van der Waals surface area contributed by atoms with Gasteiger partial charge in [0.15, 0.2) is 0 Å². The molecule has 0 aromatic heterocycles. The Labute approximate surface area is 111 Å². The third-order valence-corrected chi connectivity index (χ3v) is 2.42. The summed E-state index contributed by atoms with van der Waals surface area (Å²) in [6.45, 7) is 6.13. The molecule has 4 nitrogen and oxygen atoms in total. The number of hydrogen-bond donors (Lipinski definition) is 4. The zero-order valence-electron chi connectivity index (χ0n) is 10.0. The van der Waals surface area contributed by atoms with Gasteiger partial charge in [0.1, 0.15) is 0 Å². The van der Waals surface area contributed by atoms with Crippen molar-refractivity contribution in [2.24, 2.45) is 0 Å². The van der Waals surface area contributed by atoms with Gasteiger partial charge < -0.3 is 45.7 Å². The van der Waals surface area contributed by atoms with Crippen LogP contribution in [0.2, 0.25) is 0 Å². The fourth-order valence-corrected chi connectivity index (χ4v) is 1.23. The predicted octanol–water partition coefficient (Wildman–Crippen LogP) is -6.28. The molecule has 0 fully saturated rings. The molecule has 0 spiro atoms. The Morgan fingerprint density at radius 1 is 0.812 bits per heavy atom. The van der Waals surface area contributed by atoms with Gasteiger partial charge >= 0.3 is 0 Å². The minimum absolute atomic E-state index is 0. The van der Waals surface area contributed by atoms with Crippen LogP contribution in [0.1, 0.15) is 26.7 Å². The lowest BCUT2D eigenvalue weighted by molar-refractivity contribution is -0.001000. The highest BCUT2D eigenvalue weighted by Crippen LogP contribution is 1.89. The second kappa shape index (κ2) is 15.4. The van der Waals surface area contributed by atoms with Crippen molar-refractivity contribution in [3.63, 3.8) is 0 Å². The van der Waals surface area contributed by atoms with E-state index in [0.29, 0.717) is 0 Å². The van der Waals surface area contributed by atoms with E-state index in [-0.39, 0.29) is 50.1 Å². The summed E-state index contributed by atoms with van der Waals surface area (Å²) in [5.41, 5.74) is 0. The summed E-state index contributed by atoms with van der Waals surface area (Å²) in [5, 5.41) is 24.3. The van der Waals surface area contributed by atoms with E-state index < -0.39 is 0 Å². The first-order valence-electron chi connectivity index (χ1n) is 5.46. The van der Waals surface area contributed by atoms with Gasteiger partial charge in [0.25, 0.3) is 0 Å². The first-order valence-corrected chi connectivity index (χ1v) is 5.46. The van der Waals surface area contributed by atoms with Gasteiger partial charge in [-0.2, -0.15) is 0 Å². The van der Waals surface area contributed by atoms with E-state index in [2.05, 4.69) is 10.6 Å². The molecule has 0 aromatic rings. The summed E-state index contributed by atoms with van der Waals surface area (Å²) in [6.07, 6.45) is 1.88. The van der Waals surface area contributed by atoms with Crippen LogP contribution in [0.3, 0.4) is 0 Å². The Balaban J connectivity index is -0.000000845. The van der Waals surface area contributed by atoms with E-state index in [9.17, 15) is 0 Å². The standard InChI is InChI=1S/C10H24N2O2.2ClH/c1-3-9(7-13)11-5-6-12-10(4-2)8-14;;/h9-14H,3-8H2,1-2H3;2*1H/p-2/t9-,10-;;/m1../s1. The zero-order chi connectivity index (χ0) is 10.8. The van der Waals surface area contributed by atoms with Crippen LogP contribution in [0.25, 0.3) is 0 Å². The van der Waals surface area contributed by atoms with Gasteiger partial charge in [0, 0.05) is 25.2 Å². The second-order valence-electron chi connectivity index (χ2n) is 3.48. The van der Waals surface area contributed by atoms with Gasteiger partial charge in [-0.15, -0.1) is 0 Å². The number of hydrogen-bond acceptors (Lipinski definition) is 4. The quantitative estimate of drug-likeness (QED) is 0.316. The molecule has 6 heteroatoms. The van der Waals surface area contributed by atoms with Crippen molar-refractivity contribution in [3.8, 4) is 0 Å². The summed E-state index contributed by atoms with van der Waals surface area (Å²) in [7, 11) is 0. The van der Waals surface area contributed by atoms with Crippen molar-refractivity contribution in [1.82, 2.24) is 10.6 Å². The van der Waals surface area contributed by atoms with Crippen LogP contribution in [-0.2, 0) is 0 Å². The van der Waals surface area contributed by atoms with Crippen LogP contribution in [0.4, 0.5) is 0 Å². The SMILES string of the molecule is CC[C@H](CO)NCCN[C@H](CC)CO.[Cl-].[Cl-]. The van der Waals surface area contributed by atoms with E-state index in [1.807, 2.05) is 13.8 Å². The molecule has 0 saturated carbocycles. The minimum Gasteiger partial charge on any atom is -1.00 e. The molecule has 0 rings (SSSR count). The lowest BCUT2D eigenvalue weighted by Crippen LogP contribution is -3.00. The van der Waals surface area contributed by atoms with Crippen LogP contribution in [0.5, 0.6) is 0 Å². The molecule has 0 unspecified atom stereocenters. The number of aliphatic hydroxyl groups excluding tert-OH is 2. The highest BCUT2D eigenvalue weighted by molar-refractivity contribution is 4.67. The van der Waals surface area contributed by atoms with Crippen LogP contribution in [-0.4, -0.2) is 48.6 Å². The third kappa shape index (κ3) is 10.9. The summed E-state index contributed by atoms with van der Waals surface area (Å²) in [6, 6.07) is 0.400. The molecule has 0 heterocycles. The van der Waals surface area contributed by atoms with Gasteiger partial charge in [0.05, 0.1) is 13.2 Å². The van der Waals surface area contributed by atoms with E-state index in [0.717, 1.165) is 25.9 Å². The Bertz CT molecular complexity index is 109. The van der Waals surface area contributed by atoms with Gasteiger partial charge in [-0.3, -0.25) is 0 Å². The van der Waals surface area contributed by atoms with Crippen molar-refractivity contribution in [3.05, 3.63) is 0 Å². The topological polar surface area (TPSA) is 64.5 Å². The predicted molar refractivity (Wildman–Crippen MR) is 58.3 cm³/mol. The van der Waals surface area contributed by atoms with Crippen LogP contribution in [0, 0.1) is 0 Å². The van der Waals surface area contributed by atoms with E-state index in [4.69, 9.17) is 10.2 Å². The largest absolute Gasteiger partial charge is 1.00 e. The summed E-state index contributed by atoms with van der Waals surface area (Å²) >= 11 is 0. The molecule has 0 aromatic carbocycles. The number of rotatable bonds is 9. The van der Waals surface area contributed by atoms with Crippen molar-refractivity contribution >= 4 is 0 Å². The monoisotopic (exact) mass is 274 g/mol. The molecule has 0 saturated heterocycles. The molecule has 0 amide bonds. The smallest absolute Gasteiger partial charge is 0.0584 e. The maximum Gasteiger partial charge on any atom is 0.0584 e. The number of halogens is 2. The lowest BCUT2D eigenvalue weighted by Gasteiger charge is -2.17. The molecule has 0 aliphatic carbocycles. The zero-order valence-corrected chi connectivity index (χ0v) is 11.6. The molecule has 0 aliphatic heterocycles. The van der Waals surface area contributed by atoms with Crippen molar-refractivity contribution < 1.29 is 35.0 Å². The minimum atomic E-state index is 0. The fraction of sp³-hybridized carbons (Fsp3) is 1.00. The normalized spacial score (nSPS) is 13.5. The lowest BCUT2D eigenvalue weighted by atomic mass is 10.2. The first kappa shape index (κ1) is 21.7. The van der Waals surface area contributed by atoms with E-state index in [1.54, 1.807) is 0 Å². The molecule has 16 heavy (non-hydrogen) atoms. The maximum absolute atomic E-state index is 8.90. The second-order valence-corrected chi connectivity index (χ2v) is 3.48. The third-order valence-electron chi connectivity index (χ3n) is 2.42. The van der Waals surface area contributed by atoms with Crippen molar-refractivity contribution in [2.45, 2.75) is 38.8 Å². The molecule has 0 radical (unpaired) electrons. The van der Waals surface area contributed by atoms with Crippen LogP contribution >= 0.6 is 0 Å². The Morgan fingerprint density at radius 2 is 1.12 bits per heavy atom. The first-order chi connectivity index (χ1) is 6.78. The summed E-state index contributed by atoms with van der Waals surface area (Å²) in [5.74, 6) is 0. The number of nitrogens with one attached hydrogen (secondary N) is 2. The van der Waals surface area contributed by atoms with Gasteiger partial charge in [-0.25, -0.2) is 0 Å². The molecule has 4 N–H and O–H groups in total. The van der Waals surface area contributed by atoms with Gasteiger partial charge in [0.2, 0.25) is 0 Å². The molecule has 102 valence electrons. The molecular weight excluding hydrogens is 251 g/mol. The summed E-state index contributed by atoms with van der Waals surface area (Å²) in [4.78, 5) is 0. The van der Waals surface area contributed by atoms with E-state index >= 15 is 0 Å². The number of aliphatic hydroxyl groups is 2. The van der Waals surface area contributed by atoms with Crippen molar-refractivity contribution in [2.75, 3.05) is 26.3 Å². The average molecular weight is 275 g/mol. The molecular formula is C10H24Cl2N2O2-2. The maximum atomic E-state index is 8.90. The highest BCUT2D eigenvalue weighted by atomic mass is 35.5. The Kier molecular flexibility index (Phi) is 20.9. The average Bonchev–Trinajstić information content (AvgIpc) is 2.24. The van der Waals surface area contributed by atoms with E-state index in [1.165, 1.54) is 0 Å². The van der Waals surface area contributed by atoms with Gasteiger partial charge in [-0.05, 0) is 12.8 Å². The van der Waals surface area contributed by atoms with Crippen LogP contribution < -0.4 is 35.4 Å². The highest BCUT2D eigenvalue weighted by Gasteiger charge is 2.04. The Hall–Kier alpha value is 0.420. The molecule has 0 bridgehead atoms. The summed E-state index contributed by atoms with van der Waals surface area (Å²) < 4.78 is 0. The van der Waals surface area contributed by atoms with Gasteiger partial charge in [-0.1, -0.05) is 13.8 Å².